The van der Waals surface area contributed by atoms with Gasteiger partial charge in [0.1, 0.15) is 23.0 Å². The Morgan fingerprint density at radius 3 is 2.64 bits per heavy atom. The highest BCUT2D eigenvalue weighted by Crippen LogP contribution is 2.31. The lowest BCUT2D eigenvalue weighted by Crippen LogP contribution is -2.36. The Morgan fingerprint density at radius 2 is 1.96 bits per heavy atom. The average Bonchev–Trinajstić information content (AvgIpc) is 2.68. The molecule has 1 aromatic carbocycles. The molecule has 148 valence electrons. The van der Waals surface area contributed by atoms with Gasteiger partial charge in [0, 0.05) is 25.2 Å². The zero-order valence-electron chi connectivity index (χ0n) is 15.8. The highest BCUT2D eigenvalue weighted by atomic mass is 16.6. The van der Waals surface area contributed by atoms with Crippen LogP contribution in [0.4, 0.5) is 17.2 Å². The van der Waals surface area contributed by atoms with Crippen LogP contribution in [0.25, 0.3) is 0 Å². The Morgan fingerprint density at radius 1 is 1.25 bits per heavy atom. The molecule has 0 unspecified atom stereocenters. The molecular formula is C19H23N5O4. The largest absolute Gasteiger partial charge is 0.457 e. The Hall–Kier alpha value is -3.20. The number of hydrogen-bond acceptors (Lipinski definition) is 7. The van der Waals surface area contributed by atoms with Gasteiger partial charge in [-0.3, -0.25) is 14.9 Å². The second-order valence-corrected chi connectivity index (χ2v) is 6.73. The van der Waals surface area contributed by atoms with E-state index in [-0.39, 0.29) is 17.5 Å². The van der Waals surface area contributed by atoms with Gasteiger partial charge >= 0.3 is 0 Å². The van der Waals surface area contributed by atoms with Gasteiger partial charge in [-0.15, -0.1) is 0 Å². The van der Waals surface area contributed by atoms with Gasteiger partial charge < -0.3 is 20.3 Å². The van der Waals surface area contributed by atoms with Crippen molar-refractivity contribution in [2.45, 2.75) is 12.8 Å². The van der Waals surface area contributed by atoms with Crippen LogP contribution in [0.1, 0.15) is 12.8 Å². The number of ether oxygens (including phenoxy) is 1. The summed E-state index contributed by atoms with van der Waals surface area (Å²) in [5.41, 5.74) is 0.322. The zero-order valence-corrected chi connectivity index (χ0v) is 15.8. The van der Waals surface area contributed by atoms with E-state index in [2.05, 4.69) is 20.5 Å². The summed E-state index contributed by atoms with van der Waals surface area (Å²) in [5.74, 6) is 1.07. The molecule has 28 heavy (non-hydrogen) atoms. The predicted octanol–water partition coefficient (Wildman–Crippen LogP) is 3.10. The summed E-state index contributed by atoms with van der Waals surface area (Å²) in [5, 5.41) is 16.8. The van der Waals surface area contributed by atoms with Crippen molar-refractivity contribution in [3.8, 4) is 11.5 Å². The number of aromatic nitrogens is 1. The second kappa shape index (κ2) is 8.66. The fraction of sp³-hybridized carbons (Fsp3) is 0.368. The maximum Gasteiger partial charge on any atom is 0.296 e. The van der Waals surface area contributed by atoms with E-state index >= 15 is 0 Å². The Labute approximate surface area is 162 Å². The lowest BCUT2D eigenvalue weighted by atomic mass is 9.96. The second-order valence-electron chi connectivity index (χ2n) is 6.73. The topological polar surface area (TPSA) is 110 Å². The number of carbonyl (C=O) groups is 1. The Balaban J connectivity index is 1.69. The summed E-state index contributed by atoms with van der Waals surface area (Å²) >= 11 is 0. The molecule has 1 fully saturated rings. The number of nitro groups is 1. The number of nitro benzene ring substituents is 1. The van der Waals surface area contributed by atoms with Crippen molar-refractivity contribution >= 4 is 23.1 Å². The lowest BCUT2D eigenvalue weighted by Gasteiger charge is -2.27. The molecule has 0 spiro atoms. The number of anilines is 2. The molecule has 1 aliphatic heterocycles. The van der Waals surface area contributed by atoms with E-state index < -0.39 is 4.92 Å². The monoisotopic (exact) mass is 385 g/mol. The van der Waals surface area contributed by atoms with Gasteiger partial charge in [0.05, 0.1) is 11.0 Å². The highest BCUT2D eigenvalue weighted by Gasteiger charge is 2.23. The summed E-state index contributed by atoms with van der Waals surface area (Å²) in [6.45, 7) is 1.80. The summed E-state index contributed by atoms with van der Waals surface area (Å²) < 4.78 is 5.72. The van der Waals surface area contributed by atoms with Crippen molar-refractivity contribution in [2.24, 2.45) is 5.92 Å². The van der Waals surface area contributed by atoms with Crippen LogP contribution in [-0.2, 0) is 4.79 Å². The third-order valence-electron chi connectivity index (χ3n) is 4.74. The molecule has 1 aromatic heterocycles. The minimum absolute atomic E-state index is 0.0284. The number of nitrogens with one attached hydrogen (secondary N) is 2. The molecule has 9 nitrogen and oxygen atoms in total. The van der Waals surface area contributed by atoms with Crippen LogP contribution in [0, 0.1) is 16.0 Å². The van der Waals surface area contributed by atoms with Gasteiger partial charge in [0.15, 0.2) is 0 Å². The molecule has 3 rings (SSSR count). The minimum atomic E-state index is -0.474. The van der Waals surface area contributed by atoms with Crippen LogP contribution < -0.4 is 15.4 Å². The van der Waals surface area contributed by atoms with Gasteiger partial charge in [-0.2, -0.15) is 0 Å². The SMILES string of the molecule is CNc1ccc(Oc2ccnc(NC(=O)C3CCN(C)CC3)c2)cc1[N+](=O)[O-]. The van der Waals surface area contributed by atoms with Crippen LogP contribution in [0.2, 0.25) is 0 Å². The van der Waals surface area contributed by atoms with Crippen molar-refractivity contribution in [3.05, 3.63) is 46.6 Å². The molecule has 0 atom stereocenters. The van der Waals surface area contributed by atoms with Crippen molar-refractivity contribution in [2.75, 3.05) is 37.8 Å². The smallest absolute Gasteiger partial charge is 0.296 e. The maximum atomic E-state index is 12.4. The first-order valence-electron chi connectivity index (χ1n) is 9.06. The van der Waals surface area contributed by atoms with Crippen molar-refractivity contribution < 1.29 is 14.5 Å². The normalized spacial score (nSPS) is 15.1. The van der Waals surface area contributed by atoms with Crippen molar-refractivity contribution in [1.82, 2.24) is 9.88 Å². The minimum Gasteiger partial charge on any atom is -0.457 e. The Bertz CT molecular complexity index is 865. The van der Waals surface area contributed by atoms with Gasteiger partial charge in [0.2, 0.25) is 5.91 Å². The van der Waals surface area contributed by atoms with Crippen molar-refractivity contribution in [1.29, 1.82) is 0 Å². The number of carbonyl (C=O) groups excluding carboxylic acids is 1. The summed E-state index contributed by atoms with van der Waals surface area (Å²) in [6.07, 6.45) is 3.16. The van der Waals surface area contributed by atoms with Gasteiger partial charge in [-0.25, -0.2) is 4.98 Å². The molecule has 1 amide bonds. The van der Waals surface area contributed by atoms with E-state index in [1.54, 1.807) is 31.3 Å². The fourth-order valence-corrected chi connectivity index (χ4v) is 3.12. The third kappa shape index (κ3) is 4.74. The molecule has 1 aliphatic rings. The molecule has 0 saturated carbocycles. The van der Waals surface area contributed by atoms with Gasteiger partial charge in [-0.05, 0) is 51.2 Å². The zero-order chi connectivity index (χ0) is 20.1. The predicted molar refractivity (Wildman–Crippen MR) is 106 cm³/mol. The number of nitrogens with zero attached hydrogens (tertiary/aromatic N) is 3. The Kier molecular flexibility index (Phi) is 6.05. The first kappa shape index (κ1) is 19.6. The number of hydrogen-bond donors (Lipinski definition) is 2. The lowest BCUT2D eigenvalue weighted by molar-refractivity contribution is -0.384. The molecular weight excluding hydrogens is 362 g/mol. The fourth-order valence-electron chi connectivity index (χ4n) is 3.12. The summed E-state index contributed by atoms with van der Waals surface area (Å²) in [6, 6.07) is 7.80. The number of amides is 1. The first-order chi connectivity index (χ1) is 13.5. The van der Waals surface area contributed by atoms with Crippen molar-refractivity contribution in [3.63, 3.8) is 0 Å². The van der Waals surface area contributed by atoms with E-state index in [0.29, 0.717) is 23.0 Å². The number of pyridine rings is 1. The van der Waals surface area contributed by atoms with Crippen LogP contribution in [-0.4, -0.2) is 47.9 Å². The highest BCUT2D eigenvalue weighted by molar-refractivity contribution is 5.91. The van der Waals surface area contributed by atoms with Gasteiger partial charge in [-0.1, -0.05) is 0 Å². The molecule has 2 heterocycles. The molecule has 0 aliphatic carbocycles. The quantitative estimate of drug-likeness (QED) is 0.581. The number of rotatable bonds is 6. The number of likely N-dealkylation sites (tertiary alicyclic amines) is 1. The third-order valence-corrected chi connectivity index (χ3v) is 4.74. The molecule has 0 bridgehead atoms. The van der Waals surface area contributed by atoms with Crippen LogP contribution >= 0.6 is 0 Å². The summed E-state index contributed by atoms with van der Waals surface area (Å²) in [4.78, 5) is 29.5. The van der Waals surface area contributed by atoms with Crippen LogP contribution in [0.5, 0.6) is 11.5 Å². The summed E-state index contributed by atoms with van der Waals surface area (Å²) in [7, 11) is 3.66. The maximum absolute atomic E-state index is 12.4. The van der Waals surface area contributed by atoms with E-state index in [4.69, 9.17) is 4.74 Å². The molecule has 2 N–H and O–H groups in total. The number of benzene rings is 1. The molecule has 2 aromatic rings. The van der Waals surface area contributed by atoms with Crippen LogP contribution in [0.3, 0.4) is 0 Å². The van der Waals surface area contributed by atoms with E-state index in [9.17, 15) is 14.9 Å². The van der Waals surface area contributed by atoms with Crippen LogP contribution in [0.15, 0.2) is 36.5 Å². The van der Waals surface area contributed by atoms with E-state index in [1.165, 1.54) is 12.3 Å². The van der Waals surface area contributed by atoms with E-state index in [1.807, 2.05) is 7.05 Å². The average molecular weight is 385 g/mol. The number of piperidine rings is 1. The molecule has 9 heteroatoms. The standard InChI is InChI=1S/C19H23N5O4/c1-20-16-4-3-14(11-17(16)24(26)27)28-15-5-8-21-18(12-15)22-19(25)13-6-9-23(2)10-7-13/h3-5,8,11-13,20H,6-7,9-10H2,1-2H3,(H,21,22,25). The van der Waals surface area contributed by atoms with Gasteiger partial charge in [0.25, 0.3) is 5.69 Å². The molecule has 0 radical (unpaired) electrons. The molecule has 1 saturated heterocycles. The first-order valence-corrected chi connectivity index (χ1v) is 9.06. The van der Waals surface area contributed by atoms with E-state index in [0.717, 1.165) is 25.9 Å².